The second-order valence-electron chi connectivity index (χ2n) is 34.6. The van der Waals surface area contributed by atoms with E-state index in [4.69, 9.17) is 37.9 Å². The van der Waals surface area contributed by atoms with E-state index in [9.17, 15) is 38.4 Å². The summed E-state index contributed by atoms with van der Waals surface area (Å²) in [6, 6.07) is 0. The summed E-state index contributed by atoms with van der Waals surface area (Å²) in [5, 5.41) is 0. The molecule has 0 aromatic heterocycles. The van der Waals surface area contributed by atoms with Crippen LogP contribution in [0.25, 0.3) is 0 Å². The Kier molecular flexibility index (Phi) is 51.6. The normalized spacial score (nSPS) is 16.2. The average molecular weight is 1640 g/mol. The monoisotopic (exact) mass is 1640 g/mol. The highest BCUT2D eigenvalue weighted by molar-refractivity contribution is 8.76. The van der Waals surface area contributed by atoms with Gasteiger partial charge in [0.25, 0.3) is 0 Å². The first-order chi connectivity index (χ1) is 54.2. The molecule has 20 heteroatoms. The number of benzene rings is 2. The van der Waals surface area contributed by atoms with E-state index in [2.05, 4.69) is 83.1 Å². The van der Waals surface area contributed by atoms with Gasteiger partial charge in [0.2, 0.25) is 0 Å². The van der Waals surface area contributed by atoms with Crippen LogP contribution in [-0.2, 0) is 70.1 Å². The van der Waals surface area contributed by atoms with Gasteiger partial charge in [-0.15, -0.1) is 0 Å². The molecule has 2 heterocycles. The summed E-state index contributed by atoms with van der Waals surface area (Å²) in [7, 11) is 3.42. The summed E-state index contributed by atoms with van der Waals surface area (Å²) < 4.78 is 45.6. The first kappa shape index (κ1) is 103. The predicted molar refractivity (Wildman–Crippen MR) is 466 cm³/mol. The molecule has 0 aliphatic carbocycles. The first-order valence-electron chi connectivity index (χ1n) is 44.6. The minimum Gasteiger partial charge on any atom is -0.487 e. The Morgan fingerprint density at radius 2 is 0.640 bits per heavy atom. The number of carbonyl (C=O) groups excluding carboxylic acids is 8. The van der Waals surface area contributed by atoms with E-state index in [0.717, 1.165) is 154 Å². The molecule has 2 aromatic rings. The Hall–Kier alpha value is -5.18. The van der Waals surface area contributed by atoms with Crippen molar-refractivity contribution in [1.29, 1.82) is 0 Å². The number of esters is 6. The average Bonchev–Trinajstić information content (AvgIpc) is 0.765. The molecule has 652 valence electrons. The number of fused-ring (bicyclic) bond motifs is 2. The van der Waals surface area contributed by atoms with E-state index in [1.54, 1.807) is 49.3 Å². The molecular weight excluding hydrogens is 1480 g/mol. The third kappa shape index (κ3) is 42.0. The van der Waals surface area contributed by atoms with Crippen LogP contribution in [0.15, 0.2) is 0 Å². The summed E-state index contributed by atoms with van der Waals surface area (Å²) in [5.41, 5.74) is 7.72. The lowest BCUT2D eigenvalue weighted by molar-refractivity contribution is -0.145. The largest absolute Gasteiger partial charge is 0.487 e. The van der Waals surface area contributed by atoms with Crippen molar-refractivity contribution in [2.24, 2.45) is 35.5 Å². The van der Waals surface area contributed by atoms with Crippen LogP contribution in [0.1, 0.15) is 347 Å². The van der Waals surface area contributed by atoms with E-state index in [1.807, 2.05) is 37.5 Å². The fraction of sp³-hybridized carbons (Fsp3) is 0.787. The van der Waals surface area contributed by atoms with Crippen LogP contribution in [0.4, 0.5) is 0 Å². The van der Waals surface area contributed by atoms with Crippen LogP contribution in [-0.4, -0.2) is 146 Å². The fourth-order valence-corrected chi connectivity index (χ4v) is 17.7. The lowest BCUT2D eigenvalue weighted by Gasteiger charge is -2.38. The molecule has 4 rings (SSSR count). The van der Waals surface area contributed by atoms with Gasteiger partial charge in [-0.25, -0.2) is 0 Å². The summed E-state index contributed by atoms with van der Waals surface area (Å²) in [6.45, 7) is 46.8. The van der Waals surface area contributed by atoms with E-state index in [0.29, 0.717) is 90.0 Å². The summed E-state index contributed by atoms with van der Waals surface area (Å²) in [5.74, 6) is 7.74. The number of rotatable bonds is 60. The van der Waals surface area contributed by atoms with Gasteiger partial charge in [-0.1, -0.05) is 167 Å². The van der Waals surface area contributed by atoms with E-state index >= 15 is 0 Å². The molecule has 2 aromatic carbocycles. The predicted octanol–water partition coefficient (Wildman–Crippen LogP) is 22.1. The molecule has 0 saturated carbocycles. The minimum absolute atomic E-state index is 0.0618. The molecule has 2 aliphatic rings. The van der Waals surface area contributed by atoms with Crippen molar-refractivity contribution < 1.29 is 76.3 Å². The van der Waals surface area contributed by atoms with Gasteiger partial charge >= 0.3 is 35.8 Å². The molecular formula is C94H158N2O16S2. The minimum atomic E-state index is -0.372. The van der Waals surface area contributed by atoms with Gasteiger partial charge in [0, 0.05) is 87.6 Å². The highest BCUT2D eigenvalue weighted by Gasteiger charge is 2.37. The van der Waals surface area contributed by atoms with Crippen molar-refractivity contribution in [3.63, 3.8) is 0 Å². The Bertz CT molecular complexity index is 2960. The van der Waals surface area contributed by atoms with Crippen molar-refractivity contribution in [3.05, 3.63) is 44.5 Å². The van der Waals surface area contributed by atoms with Gasteiger partial charge < -0.3 is 47.7 Å². The Morgan fingerprint density at radius 3 is 0.930 bits per heavy atom. The molecule has 0 radical (unpaired) electrons. The third-order valence-corrected chi connectivity index (χ3v) is 25.8. The van der Waals surface area contributed by atoms with Gasteiger partial charge in [0.1, 0.15) is 45.8 Å². The highest BCUT2D eigenvalue weighted by Crippen LogP contribution is 2.47. The van der Waals surface area contributed by atoms with Crippen molar-refractivity contribution in [1.82, 2.24) is 9.80 Å². The van der Waals surface area contributed by atoms with Crippen molar-refractivity contribution in [2.75, 3.05) is 77.2 Å². The zero-order chi connectivity index (χ0) is 84.8. The number of ketones is 2. The second-order valence-corrected chi connectivity index (χ2v) is 37.3. The van der Waals surface area contributed by atoms with Crippen molar-refractivity contribution >= 4 is 69.0 Å². The Balaban J connectivity index is 0.000000880. The quantitative estimate of drug-likeness (QED) is 0.0198. The second kappa shape index (κ2) is 57.1. The highest BCUT2D eigenvalue weighted by atomic mass is 33.1. The van der Waals surface area contributed by atoms with Gasteiger partial charge in [0.15, 0.2) is 0 Å². The molecule has 6 unspecified atom stereocenters. The molecule has 0 spiro atoms. The zero-order valence-electron chi connectivity index (χ0n) is 75.2. The zero-order valence-corrected chi connectivity index (χ0v) is 76.9. The molecule has 0 fully saturated rings. The molecule has 18 nitrogen and oxygen atoms in total. The number of ether oxygens (including phenoxy) is 8. The molecule has 2 aliphatic heterocycles. The fourth-order valence-electron chi connectivity index (χ4n) is 15.5. The first-order valence-corrected chi connectivity index (χ1v) is 47.1. The van der Waals surface area contributed by atoms with Crippen LogP contribution in [0.3, 0.4) is 0 Å². The number of carbonyl (C=O) groups is 8. The van der Waals surface area contributed by atoms with Gasteiger partial charge in [-0.3, -0.25) is 38.4 Å². The molecule has 0 amide bonds. The van der Waals surface area contributed by atoms with E-state index in [1.165, 1.54) is 103 Å². The molecule has 0 bridgehead atoms. The standard InChI is InChI=1S/C72H118O8S2.C22H40N2O8/c1-49(2)25-17-27-51(5)29-19-31-53(7)33-21-43-71(15)45-41-63-59(13)67(55(9)57(11)69(63)79-71)77-65(75)39-37-61(73)35-23-47-81-82-48-24-36-62(74)38-40-66(76)78-68-56(10)58(12)70-64(60(68)14)42-46-72(16,80-70)44-22-34-54(8)32-20-30-52(6)28-18-26-50(3)4;1-5-29-19(25)9-13-23(14-10-20(26)30-6-2)17-18-24(15-11-21(27)31-7-3)16-12-22(28)32-8-4/h49-54H,17-48H2,1-16H3;5-18H2,1-4H3. The topological polar surface area (TPSA) is 217 Å². The number of nitrogens with zero attached hydrogens (tertiary/aromatic N) is 2. The maximum Gasteiger partial charge on any atom is 0.311 e. The molecule has 0 saturated heterocycles. The summed E-state index contributed by atoms with van der Waals surface area (Å²) >= 11 is 0. The lowest BCUT2D eigenvalue weighted by atomic mass is 9.83. The van der Waals surface area contributed by atoms with Crippen molar-refractivity contribution in [2.45, 2.75) is 368 Å². The van der Waals surface area contributed by atoms with Gasteiger partial charge in [-0.05, 0) is 216 Å². The van der Waals surface area contributed by atoms with Crippen LogP contribution >= 0.6 is 21.6 Å². The Morgan fingerprint density at radius 1 is 0.351 bits per heavy atom. The van der Waals surface area contributed by atoms with Crippen LogP contribution in [0.2, 0.25) is 0 Å². The van der Waals surface area contributed by atoms with Crippen molar-refractivity contribution in [3.8, 4) is 23.0 Å². The Labute approximate surface area is 699 Å². The molecule has 114 heavy (non-hydrogen) atoms. The van der Waals surface area contributed by atoms with E-state index in [-0.39, 0.29) is 110 Å². The van der Waals surface area contributed by atoms with Crippen LogP contribution < -0.4 is 18.9 Å². The smallest absolute Gasteiger partial charge is 0.311 e. The number of Topliss-reactive ketones (excluding diaryl/α,β-unsaturated/α-hetero) is 2. The van der Waals surface area contributed by atoms with Gasteiger partial charge in [-0.2, -0.15) is 0 Å². The third-order valence-electron chi connectivity index (χ3n) is 23.3. The summed E-state index contributed by atoms with van der Waals surface area (Å²) in [6.07, 6.45) is 30.3. The maximum atomic E-state index is 13.1. The molecule has 6 atom stereocenters. The number of hydrogen-bond donors (Lipinski definition) is 0. The lowest BCUT2D eigenvalue weighted by Crippen LogP contribution is -2.39. The van der Waals surface area contributed by atoms with Gasteiger partial charge in [0.05, 0.1) is 65.0 Å². The van der Waals surface area contributed by atoms with Crippen LogP contribution in [0, 0.1) is 77.0 Å². The van der Waals surface area contributed by atoms with Crippen LogP contribution in [0.5, 0.6) is 23.0 Å². The SMILES string of the molecule is CCOC(=O)CCN(CCC(=O)OCC)CCN(CCC(=O)OCC)CCC(=O)OCC.Cc1c(C)c2c(c(C)c1OC(=O)CCC(=O)CCCSSCCCC(=O)CCC(=O)Oc1c(C)c(C)c3c(c1C)CCC(C)(CCCC(C)CCCC(C)CCCC(C)C)O3)CCC(C)(CCCC(C)CCCC(C)CCCC(C)C)O2. The molecule has 0 N–H and O–H groups in total. The number of hydrogen-bond acceptors (Lipinski definition) is 20. The maximum absolute atomic E-state index is 13.1. The van der Waals surface area contributed by atoms with E-state index < -0.39 is 0 Å². The summed E-state index contributed by atoms with van der Waals surface area (Å²) in [4.78, 5) is 103.